The number of hydrogen-bond donors (Lipinski definition) is 0. The molecule has 0 saturated carbocycles. The third-order valence-corrected chi connectivity index (χ3v) is 2.96. The Balaban J connectivity index is 2.48. The summed E-state index contributed by atoms with van der Waals surface area (Å²) in [5.41, 5.74) is 1.33. The number of aromatic nitrogens is 1. The molecule has 5 heteroatoms. The highest BCUT2D eigenvalue weighted by Gasteiger charge is 2.22. The molecule has 0 aliphatic carbocycles. The maximum atomic E-state index is 12.3. The van der Waals surface area contributed by atoms with Gasteiger partial charge in [0.1, 0.15) is 5.69 Å². The third kappa shape index (κ3) is 2.27. The average molecular weight is 261 g/mol. The number of carbonyl (C=O) groups excluding carboxylic acids is 2. The van der Waals surface area contributed by atoms with Crippen molar-refractivity contribution < 1.29 is 19.1 Å². The highest BCUT2D eigenvalue weighted by Crippen LogP contribution is 2.18. The van der Waals surface area contributed by atoms with Crippen LogP contribution >= 0.6 is 0 Å². The van der Waals surface area contributed by atoms with E-state index in [2.05, 4.69) is 4.94 Å². The van der Waals surface area contributed by atoms with Crippen molar-refractivity contribution in [2.75, 3.05) is 0 Å². The molecule has 0 radical (unpaired) electrons. The Bertz CT molecular complexity index is 632. The summed E-state index contributed by atoms with van der Waals surface area (Å²) in [5.74, 6) is -1.34. The molecule has 0 atom stereocenters. The van der Waals surface area contributed by atoms with E-state index in [-0.39, 0.29) is 11.5 Å². The van der Waals surface area contributed by atoms with E-state index >= 15 is 0 Å². The fourth-order valence-corrected chi connectivity index (χ4v) is 2.04. The Morgan fingerprint density at radius 3 is 2.42 bits per heavy atom. The summed E-state index contributed by atoms with van der Waals surface area (Å²) >= 11 is 0. The van der Waals surface area contributed by atoms with Crippen LogP contribution in [0.5, 0.6) is 0 Å². The van der Waals surface area contributed by atoms with Gasteiger partial charge in [0.05, 0.1) is 5.69 Å². The number of nitrogens with zero attached hydrogens (tertiary/aromatic N) is 1. The van der Waals surface area contributed by atoms with E-state index in [4.69, 9.17) is 0 Å². The molecular formula is C14H12FNO3. The molecule has 0 N–H and O–H groups in total. The minimum Gasteiger partial charge on any atom is -0.335 e. The Morgan fingerprint density at radius 2 is 1.84 bits per heavy atom. The lowest BCUT2D eigenvalue weighted by Gasteiger charge is -2.04. The van der Waals surface area contributed by atoms with Gasteiger partial charge in [-0.2, -0.15) is 0 Å². The predicted octanol–water partition coefficient (Wildman–Crippen LogP) is 2.61. The van der Waals surface area contributed by atoms with Crippen LogP contribution in [0.3, 0.4) is 0 Å². The van der Waals surface area contributed by atoms with E-state index in [1.807, 2.05) is 0 Å². The first-order chi connectivity index (χ1) is 9.06. The number of ketones is 1. The Morgan fingerprint density at radius 1 is 1.21 bits per heavy atom. The Labute approximate surface area is 109 Å². The monoisotopic (exact) mass is 261 g/mol. The van der Waals surface area contributed by atoms with Gasteiger partial charge in [-0.1, -0.05) is 30.3 Å². The number of benzene rings is 1. The van der Waals surface area contributed by atoms with E-state index < -0.39 is 5.97 Å². The lowest BCUT2D eigenvalue weighted by Crippen LogP contribution is -2.12. The molecule has 0 spiro atoms. The van der Waals surface area contributed by atoms with Crippen LogP contribution in [-0.2, 0) is 12.0 Å². The van der Waals surface area contributed by atoms with Crippen molar-refractivity contribution in [3.63, 3.8) is 0 Å². The summed E-state index contributed by atoms with van der Waals surface area (Å²) < 4.78 is 13.4. The summed E-state index contributed by atoms with van der Waals surface area (Å²) in [4.78, 5) is 26.8. The van der Waals surface area contributed by atoms with Gasteiger partial charge in [0.15, 0.2) is 0 Å². The largest absolute Gasteiger partial charge is 0.396 e. The van der Waals surface area contributed by atoms with E-state index in [9.17, 15) is 14.1 Å². The molecule has 0 aliphatic heterocycles. The minimum absolute atomic E-state index is 0.0294. The van der Waals surface area contributed by atoms with Crippen molar-refractivity contribution in [2.24, 2.45) is 7.05 Å². The fourth-order valence-electron chi connectivity index (χ4n) is 2.04. The number of hydrogen-bond acceptors (Lipinski definition) is 3. The SMILES string of the molecule is Cc1cc(C(=O)c2ccccc2)n(C)c1C(=O)OF. The summed E-state index contributed by atoms with van der Waals surface area (Å²) in [6, 6.07) is 10.2. The fraction of sp³-hybridized carbons (Fsp3) is 0.143. The number of rotatable bonds is 3. The Kier molecular flexibility index (Phi) is 3.46. The van der Waals surface area contributed by atoms with Crippen molar-refractivity contribution in [2.45, 2.75) is 6.92 Å². The number of halogens is 1. The van der Waals surface area contributed by atoms with Gasteiger partial charge in [-0.15, -0.1) is 0 Å². The van der Waals surface area contributed by atoms with Crippen LogP contribution in [0.4, 0.5) is 4.53 Å². The van der Waals surface area contributed by atoms with E-state index in [0.717, 1.165) is 0 Å². The highest BCUT2D eigenvalue weighted by molar-refractivity contribution is 6.09. The highest BCUT2D eigenvalue weighted by atomic mass is 19.3. The van der Waals surface area contributed by atoms with Crippen LogP contribution in [0.25, 0.3) is 0 Å². The molecule has 0 aliphatic rings. The van der Waals surface area contributed by atoms with Crippen LogP contribution in [0.1, 0.15) is 32.1 Å². The van der Waals surface area contributed by atoms with Crippen molar-refractivity contribution in [3.8, 4) is 0 Å². The minimum atomic E-state index is -1.10. The molecule has 4 nitrogen and oxygen atoms in total. The van der Waals surface area contributed by atoms with Crippen LogP contribution < -0.4 is 0 Å². The quantitative estimate of drug-likeness (QED) is 0.798. The zero-order chi connectivity index (χ0) is 14.0. The second kappa shape index (κ2) is 5.06. The molecule has 0 bridgehead atoms. The van der Waals surface area contributed by atoms with E-state index in [1.54, 1.807) is 43.3 Å². The van der Waals surface area contributed by atoms with Gasteiger partial charge in [0.25, 0.3) is 0 Å². The van der Waals surface area contributed by atoms with Gasteiger partial charge in [-0.05, 0) is 18.6 Å². The smallest absolute Gasteiger partial charge is 0.335 e. The number of carbonyl (C=O) groups is 2. The third-order valence-electron chi connectivity index (χ3n) is 2.96. The number of aryl methyl sites for hydroxylation is 1. The first-order valence-electron chi connectivity index (χ1n) is 5.65. The van der Waals surface area contributed by atoms with E-state index in [1.165, 1.54) is 11.6 Å². The molecule has 0 unspecified atom stereocenters. The lowest BCUT2D eigenvalue weighted by atomic mass is 10.1. The van der Waals surface area contributed by atoms with Crippen molar-refractivity contribution >= 4 is 11.8 Å². The lowest BCUT2D eigenvalue weighted by molar-refractivity contribution is -0.0796. The van der Waals surface area contributed by atoms with E-state index in [0.29, 0.717) is 16.8 Å². The summed E-state index contributed by atoms with van der Waals surface area (Å²) in [7, 11) is 1.52. The molecule has 1 aromatic heterocycles. The van der Waals surface area contributed by atoms with Gasteiger partial charge in [-0.3, -0.25) is 4.79 Å². The Hall–Kier alpha value is -2.43. The van der Waals surface area contributed by atoms with Gasteiger partial charge >= 0.3 is 5.97 Å². The second-order valence-electron chi connectivity index (χ2n) is 4.18. The molecule has 0 saturated heterocycles. The van der Waals surface area contributed by atoms with Crippen LogP contribution in [0, 0.1) is 6.92 Å². The summed E-state index contributed by atoms with van der Waals surface area (Å²) in [6.45, 7) is 1.62. The van der Waals surface area contributed by atoms with Crippen molar-refractivity contribution in [3.05, 3.63) is 58.9 Å². The summed E-state index contributed by atoms with van der Waals surface area (Å²) in [5, 5.41) is 0. The molecule has 1 aromatic carbocycles. The first-order valence-corrected chi connectivity index (χ1v) is 5.65. The normalized spacial score (nSPS) is 10.3. The topological polar surface area (TPSA) is 48.3 Å². The van der Waals surface area contributed by atoms with Crippen LogP contribution in [0.15, 0.2) is 36.4 Å². The molecule has 0 amide bonds. The van der Waals surface area contributed by atoms with Gasteiger partial charge < -0.3 is 4.57 Å². The first kappa shape index (κ1) is 13.0. The molecule has 2 aromatic rings. The molecule has 2 rings (SSSR count). The maximum absolute atomic E-state index is 12.3. The standard InChI is InChI=1S/C14H12FNO3/c1-9-8-11(16(2)12(9)14(18)19-15)13(17)10-6-4-3-5-7-10/h3-8H,1-2H3. The van der Waals surface area contributed by atoms with Crippen LogP contribution in [-0.4, -0.2) is 16.3 Å². The average Bonchev–Trinajstić information content (AvgIpc) is 2.73. The van der Waals surface area contributed by atoms with Crippen molar-refractivity contribution in [1.29, 1.82) is 0 Å². The predicted molar refractivity (Wildman–Crippen MR) is 66.5 cm³/mol. The molecule has 19 heavy (non-hydrogen) atoms. The molecule has 0 fully saturated rings. The van der Waals surface area contributed by atoms with Crippen molar-refractivity contribution in [1.82, 2.24) is 4.57 Å². The van der Waals surface area contributed by atoms with Gasteiger partial charge in [0, 0.05) is 17.1 Å². The van der Waals surface area contributed by atoms with Crippen LogP contribution in [0.2, 0.25) is 0 Å². The summed E-state index contributed by atoms with van der Waals surface area (Å²) in [6.07, 6.45) is 0. The second-order valence-corrected chi connectivity index (χ2v) is 4.18. The molecular weight excluding hydrogens is 249 g/mol. The van der Waals surface area contributed by atoms with Gasteiger partial charge in [0.2, 0.25) is 5.78 Å². The molecule has 98 valence electrons. The zero-order valence-electron chi connectivity index (χ0n) is 10.5. The zero-order valence-corrected chi connectivity index (χ0v) is 10.5. The van der Waals surface area contributed by atoms with Gasteiger partial charge in [-0.25, -0.2) is 9.74 Å². The maximum Gasteiger partial charge on any atom is 0.396 e. The molecule has 1 heterocycles.